The Morgan fingerprint density at radius 2 is 1.70 bits per heavy atom. The van der Waals surface area contributed by atoms with Crippen LogP contribution in [-0.2, 0) is 27.3 Å². The summed E-state index contributed by atoms with van der Waals surface area (Å²) in [6, 6.07) is 18.3. The van der Waals surface area contributed by atoms with E-state index in [1.807, 2.05) is 41.4 Å². The van der Waals surface area contributed by atoms with E-state index in [0.717, 1.165) is 30.3 Å². The van der Waals surface area contributed by atoms with E-state index >= 15 is 0 Å². The molecule has 1 aromatic heterocycles. The van der Waals surface area contributed by atoms with Gasteiger partial charge in [-0.1, -0.05) is 74.2 Å². The van der Waals surface area contributed by atoms with Crippen LogP contribution >= 0.6 is 0 Å². The number of carbonyl (C=O) groups excluding carboxylic acids is 2. The highest BCUT2D eigenvalue weighted by Crippen LogP contribution is 2.28. The van der Waals surface area contributed by atoms with Crippen molar-refractivity contribution in [3.05, 3.63) is 71.9 Å². The molecule has 0 aliphatic heterocycles. The lowest BCUT2D eigenvalue weighted by atomic mass is 10.0. The molecule has 3 aromatic rings. The van der Waals surface area contributed by atoms with Gasteiger partial charge in [0.25, 0.3) is 0 Å². The highest BCUT2D eigenvalue weighted by Gasteiger charge is 2.23. The maximum atomic E-state index is 13.7. The van der Waals surface area contributed by atoms with Crippen molar-refractivity contribution in [1.29, 1.82) is 0 Å². The van der Waals surface area contributed by atoms with E-state index in [4.69, 9.17) is 4.74 Å². The summed E-state index contributed by atoms with van der Waals surface area (Å²) in [6.45, 7) is 2.37. The molecule has 1 fully saturated rings. The Hall–Kier alpha value is -3.12. The quantitative estimate of drug-likeness (QED) is 0.292. The first kappa shape index (κ1) is 26.9. The van der Waals surface area contributed by atoms with Crippen LogP contribution in [0.2, 0.25) is 0 Å². The summed E-state index contributed by atoms with van der Waals surface area (Å²) in [4.78, 5) is 33.9. The number of benzene rings is 2. The molecule has 37 heavy (non-hydrogen) atoms. The number of fused-ring (bicyclic) bond motifs is 1. The zero-order chi connectivity index (χ0) is 25.9. The van der Waals surface area contributed by atoms with E-state index in [9.17, 15) is 9.59 Å². The second-order valence-corrected chi connectivity index (χ2v) is 10.3. The number of methoxy groups -OCH3 is 1. The summed E-state index contributed by atoms with van der Waals surface area (Å²) in [5, 5.41) is 1.19. The number of rotatable bonds is 14. The molecule has 1 saturated carbocycles. The van der Waals surface area contributed by atoms with Crippen molar-refractivity contribution in [2.45, 2.75) is 57.9 Å². The SMILES string of the molecule is COCCCN(CC(=O)N(CCc1c[nH]c2ccccc12)Cc1ccccc1)C(=O)CCC1CCCC1. The number of hydrogen-bond acceptors (Lipinski definition) is 3. The minimum atomic E-state index is -0.00433. The number of para-hydroxylation sites is 1. The first-order valence-corrected chi connectivity index (χ1v) is 13.8. The molecule has 4 rings (SSSR count). The minimum Gasteiger partial charge on any atom is -0.385 e. The van der Waals surface area contributed by atoms with Gasteiger partial charge in [-0.25, -0.2) is 0 Å². The number of aromatic nitrogens is 1. The fraction of sp³-hybridized carbons (Fsp3) is 0.484. The van der Waals surface area contributed by atoms with Crippen molar-refractivity contribution in [1.82, 2.24) is 14.8 Å². The van der Waals surface area contributed by atoms with Crippen LogP contribution < -0.4 is 0 Å². The first-order valence-electron chi connectivity index (χ1n) is 13.8. The number of carbonyl (C=O) groups is 2. The molecule has 1 N–H and O–H groups in total. The molecular formula is C31H41N3O3. The standard InChI is InChI=1S/C31H41N3O3/c1-37-21-9-19-33(30(35)17-16-25-10-5-6-11-25)24-31(36)34(23-26-12-3-2-4-13-26)20-18-27-22-32-29-15-8-7-14-28(27)29/h2-4,7-8,12-15,22,25,32H,5-6,9-11,16-21,23-24H2,1H3. The van der Waals surface area contributed by atoms with Crippen molar-refractivity contribution in [2.75, 3.05) is 33.4 Å². The Kier molecular flexibility index (Phi) is 10.2. The van der Waals surface area contributed by atoms with Crippen molar-refractivity contribution in [2.24, 2.45) is 5.92 Å². The van der Waals surface area contributed by atoms with Gasteiger partial charge in [-0.3, -0.25) is 9.59 Å². The van der Waals surface area contributed by atoms with Gasteiger partial charge in [-0.2, -0.15) is 0 Å². The Labute approximate surface area is 221 Å². The molecule has 6 nitrogen and oxygen atoms in total. The van der Waals surface area contributed by atoms with Gasteiger partial charge < -0.3 is 19.5 Å². The Morgan fingerprint density at radius 1 is 0.946 bits per heavy atom. The summed E-state index contributed by atoms with van der Waals surface area (Å²) in [5.41, 5.74) is 3.40. The van der Waals surface area contributed by atoms with Crippen LogP contribution in [0.5, 0.6) is 0 Å². The molecule has 1 heterocycles. The number of nitrogens with zero attached hydrogens (tertiary/aromatic N) is 2. The normalized spacial score (nSPS) is 13.8. The van der Waals surface area contributed by atoms with E-state index in [1.54, 1.807) is 12.0 Å². The van der Waals surface area contributed by atoms with Crippen molar-refractivity contribution >= 4 is 22.7 Å². The van der Waals surface area contributed by atoms with Crippen LogP contribution in [0.3, 0.4) is 0 Å². The highest BCUT2D eigenvalue weighted by atomic mass is 16.5. The molecule has 2 amide bonds. The number of amides is 2. The molecule has 1 aliphatic carbocycles. The minimum absolute atomic E-state index is 0.00433. The van der Waals surface area contributed by atoms with Gasteiger partial charge >= 0.3 is 0 Å². The van der Waals surface area contributed by atoms with Gasteiger partial charge in [-0.15, -0.1) is 0 Å². The van der Waals surface area contributed by atoms with Crippen LogP contribution in [0.1, 0.15) is 56.1 Å². The molecule has 0 bridgehead atoms. The van der Waals surface area contributed by atoms with Gasteiger partial charge in [0.15, 0.2) is 0 Å². The fourth-order valence-electron chi connectivity index (χ4n) is 5.43. The molecule has 0 radical (unpaired) electrons. The van der Waals surface area contributed by atoms with Gasteiger partial charge in [0.1, 0.15) is 0 Å². The molecule has 2 aromatic carbocycles. The maximum Gasteiger partial charge on any atom is 0.242 e. The summed E-state index contributed by atoms with van der Waals surface area (Å²) in [6.07, 6.45) is 10.00. The van der Waals surface area contributed by atoms with Crippen LogP contribution in [-0.4, -0.2) is 59.9 Å². The Morgan fingerprint density at radius 3 is 2.49 bits per heavy atom. The van der Waals surface area contributed by atoms with Crippen LogP contribution in [0.15, 0.2) is 60.8 Å². The Balaban J connectivity index is 1.44. The van der Waals surface area contributed by atoms with Crippen LogP contribution in [0.4, 0.5) is 0 Å². The molecule has 0 spiro atoms. The highest BCUT2D eigenvalue weighted by molar-refractivity contribution is 5.85. The number of hydrogen-bond donors (Lipinski definition) is 1. The number of H-pyrrole nitrogens is 1. The largest absolute Gasteiger partial charge is 0.385 e. The number of aromatic amines is 1. The predicted molar refractivity (Wildman–Crippen MR) is 148 cm³/mol. The molecule has 0 saturated heterocycles. The van der Waals surface area contributed by atoms with Gasteiger partial charge in [0, 0.05) is 56.9 Å². The lowest BCUT2D eigenvalue weighted by Crippen LogP contribution is -2.44. The molecular weight excluding hydrogens is 462 g/mol. The van der Waals surface area contributed by atoms with Crippen molar-refractivity contribution in [3.8, 4) is 0 Å². The van der Waals surface area contributed by atoms with E-state index in [0.29, 0.717) is 38.6 Å². The zero-order valence-electron chi connectivity index (χ0n) is 22.2. The maximum absolute atomic E-state index is 13.7. The predicted octanol–water partition coefficient (Wildman–Crippen LogP) is 5.57. The summed E-state index contributed by atoms with van der Waals surface area (Å²) in [5.74, 6) is 0.745. The van der Waals surface area contributed by atoms with Crippen LogP contribution in [0.25, 0.3) is 10.9 Å². The summed E-state index contributed by atoms with van der Waals surface area (Å²) in [7, 11) is 1.67. The van der Waals surface area contributed by atoms with E-state index in [2.05, 4.69) is 29.2 Å². The third kappa shape index (κ3) is 7.93. The summed E-state index contributed by atoms with van der Waals surface area (Å²) < 4.78 is 5.22. The summed E-state index contributed by atoms with van der Waals surface area (Å²) >= 11 is 0. The van der Waals surface area contributed by atoms with E-state index in [1.165, 1.54) is 36.6 Å². The molecule has 1 aliphatic rings. The van der Waals surface area contributed by atoms with Crippen LogP contribution in [0, 0.1) is 5.92 Å². The number of ether oxygens (including phenoxy) is 1. The molecule has 0 unspecified atom stereocenters. The van der Waals surface area contributed by atoms with Gasteiger partial charge in [-0.05, 0) is 42.4 Å². The monoisotopic (exact) mass is 503 g/mol. The number of nitrogens with one attached hydrogen (secondary N) is 1. The van der Waals surface area contributed by atoms with Gasteiger partial charge in [0.2, 0.25) is 11.8 Å². The molecule has 0 atom stereocenters. The third-order valence-corrected chi connectivity index (χ3v) is 7.59. The zero-order valence-corrected chi connectivity index (χ0v) is 22.2. The lowest BCUT2D eigenvalue weighted by Gasteiger charge is -2.28. The average Bonchev–Trinajstić information content (AvgIpc) is 3.60. The second-order valence-electron chi connectivity index (χ2n) is 10.3. The lowest BCUT2D eigenvalue weighted by molar-refractivity contribution is -0.141. The van der Waals surface area contributed by atoms with Crippen molar-refractivity contribution < 1.29 is 14.3 Å². The fourth-order valence-corrected chi connectivity index (χ4v) is 5.43. The van der Waals surface area contributed by atoms with Crippen molar-refractivity contribution in [3.63, 3.8) is 0 Å². The topological polar surface area (TPSA) is 65.6 Å². The molecule has 198 valence electrons. The smallest absolute Gasteiger partial charge is 0.242 e. The van der Waals surface area contributed by atoms with E-state index < -0.39 is 0 Å². The second kappa shape index (κ2) is 14.0. The third-order valence-electron chi connectivity index (χ3n) is 7.59. The molecule has 6 heteroatoms. The van der Waals surface area contributed by atoms with Gasteiger partial charge in [0.05, 0.1) is 6.54 Å². The van der Waals surface area contributed by atoms with E-state index in [-0.39, 0.29) is 18.4 Å². The Bertz CT molecular complexity index is 1120. The first-order chi connectivity index (χ1) is 18.1. The average molecular weight is 504 g/mol.